The van der Waals surface area contributed by atoms with Crippen LogP contribution < -0.4 is 5.32 Å². The zero-order valence-corrected chi connectivity index (χ0v) is 22.0. The first-order valence-corrected chi connectivity index (χ1v) is 12.7. The molecule has 7 heteroatoms. The van der Waals surface area contributed by atoms with Crippen LogP contribution in [0.25, 0.3) is 0 Å². The highest BCUT2D eigenvalue weighted by atomic mass is 16.6. The molecule has 0 radical (unpaired) electrons. The van der Waals surface area contributed by atoms with Crippen LogP contribution in [0.5, 0.6) is 0 Å². The Balaban J connectivity index is 1.42. The number of carbonyl (C=O) groups excluding carboxylic acids is 3. The number of ether oxygens (including phenoxy) is 1. The average Bonchev–Trinajstić information content (AvgIpc) is 2.83. The van der Waals surface area contributed by atoms with Crippen molar-refractivity contribution in [3.63, 3.8) is 0 Å². The van der Waals surface area contributed by atoms with Gasteiger partial charge in [-0.25, -0.2) is 4.79 Å². The van der Waals surface area contributed by atoms with E-state index in [0.29, 0.717) is 38.9 Å². The summed E-state index contributed by atoms with van der Waals surface area (Å²) >= 11 is 0. The molecule has 0 spiro atoms. The summed E-state index contributed by atoms with van der Waals surface area (Å²) in [5.41, 5.74) is 4.49. The number of nitrogens with one attached hydrogen (secondary N) is 1. The van der Waals surface area contributed by atoms with Crippen LogP contribution in [0.15, 0.2) is 42.5 Å². The van der Waals surface area contributed by atoms with Crippen molar-refractivity contribution in [2.24, 2.45) is 5.92 Å². The van der Waals surface area contributed by atoms with E-state index in [1.54, 1.807) is 9.80 Å². The summed E-state index contributed by atoms with van der Waals surface area (Å²) < 4.78 is 5.65. The molecule has 0 aromatic heterocycles. The lowest BCUT2D eigenvalue weighted by molar-refractivity contribution is -0.140. The van der Waals surface area contributed by atoms with Gasteiger partial charge in [-0.1, -0.05) is 42.0 Å². The van der Waals surface area contributed by atoms with Gasteiger partial charge in [-0.3, -0.25) is 14.5 Å². The Labute approximate surface area is 213 Å². The second-order valence-electron chi connectivity index (χ2n) is 11.0. The van der Waals surface area contributed by atoms with E-state index in [1.165, 1.54) is 0 Å². The molecular weight excluding hydrogens is 454 g/mol. The van der Waals surface area contributed by atoms with Crippen molar-refractivity contribution in [1.29, 1.82) is 0 Å². The minimum atomic E-state index is -0.650. The predicted octanol–water partition coefficient (Wildman–Crippen LogP) is 4.84. The minimum absolute atomic E-state index is 0.00368. The van der Waals surface area contributed by atoms with Crippen molar-refractivity contribution in [1.82, 2.24) is 9.80 Å². The van der Waals surface area contributed by atoms with Crippen LogP contribution in [0.2, 0.25) is 0 Å². The van der Waals surface area contributed by atoms with Crippen LogP contribution in [0.1, 0.15) is 55.9 Å². The van der Waals surface area contributed by atoms with Gasteiger partial charge in [0.05, 0.1) is 6.54 Å². The van der Waals surface area contributed by atoms with Crippen LogP contribution in [-0.4, -0.2) is 52.4 Å². The number of anilines is 1. The molecule has 3 amide bonds. The van der Waals surface area contributed by atoms with E-state index >= 15 is 0 Å². The van der Waals surface area contributed by atoms with Crippen molar-refractivity contribution in [3.8, 4) is 0 Å². The molecule has 2 heterocycles. The predicted molar refractivity (Wildman–Crippen MR) is 140 cm³/mol. The van der Waals surface area contributed by atoms with Gasteiger partial charge in [0, 0.05) is 31.1 Å². The van der Waals surface area contributed by atoms with E-state index in [9.17, 15) is 14.4 Å². The molecule has 36 heavy (non-hydrogen) atoms. The van der Waals surface area contributed by atoms with E-state index in [2.05, 4.69) is 11.4 Å². The maximum Gasteiger partial charge on any atom is 0.411 e. The number of rotatable bonds is 3. The topological polar surface area (TPSA) is 79.0 Å². The quantitative estimate of drug-likeness (QED) is 0.666. The lowest BCUT2D eigenvalue weighted by atomic mass is 9.91. The second kappa shape index (κ2) is 10.3. The second-order valence-corrected chi connectivity index (χ2v) is 11.0. The molecular formula is C29H37N3O4. The van der Waals surface area contributed by atoms with Crippen molar-refractivity contribution in [3.05, 3.63) is 64.7 Å². The van der Waals surface area contributed by atoms with Crippen molar-refractivity contribution < 1.29 is 19.1 Å². The highest BCUT2D eigenvalue weighted by Crippen LogP contribution is 2.28. The van der Waals surface area contributed by atoms with Crippen molar-refractivity contribution in [2.45, 2.75) is 72.1 Å². The number of piperidine rings is 1. The molecule has 2 aliphatic rings. The molecule has 192 valence electrons. The molecule has 4 rings (SSSR count). The Morgan fingerprint density at radius 2 is 1.64 bits per heavy atom. The molecule has 2 aromatic rings. The number of hydrogen-bond donors (Lipinski definition) is 1. The SMILES string of the molecule is Cc1ccc(NC(=O)C2CCN(C(=O)C3Cc4ccccc4CN3C(=O)OC(C)(C)C)CC2)c(C)c1. The highest BCUT2D eigenvalue weighted by Gasteiger charge is 2.40. The van der Waals surface area contributed by atoms with E-state index < -0.39 is 17.7 Å². The first-order chi connectivity index (χ1) is 17.0. The molecule has 1 fully saturated rings. The zero-order valence-electron chi connectivity index (χ0n) is 22.0. The minimum Gasteiger partial charge on any atom is -0.444 e. The summed E-state index contributed by atoms with van der Waals surface area (Å²) in [6.07, 6.45) is 1.18. The summed E-state index contributed by atoms with van der Waals surface area (Å²) in [5.74, 6) is -0.233. The summed E-state index contributed by atoms with van der Waals surface area (Å²) in [5, 5.41) is 3.06. The summed E-state index contributed by atoms with van der Waals surface area (Å²) in [7, 11) is 0. The number of amides is 3. The molecule has 2 aromatic carbocycles. The van der Waals surface area contributed by atoms with Gasteiger partial charge in [0.2, 0.25) is 11.8 Å². The van der Waals surface area contributed by atoms with E-state index in [0.717, 1.165) is 27.9 Å². The average molecular weight is 492 g/mol. The fraction of sp³-hybridized carbons (Fsp3) is 0.483. The Hall–Kier alpha value is -3.35. The van der Waals surface area contributed by atoms with Gasteiger partial charge in [-0.2, -0.15) is 0 Å². The third-order valence-corrected chi connectivity index (χ3v) is 6.98. The molecule has 1 atom stereocenters. The van der Waals surface area contributed by atoms with Gasteiger partial charge in [-0.05, 0) is 70.2 Å². The Morgan fingerprint density at radius 3 is 2.28 bits per heavy atom. The van der Waals surface area contributed by atoms with E-state index in [-0.39, 0.29) is 17.7 Å². The van der Waals surface area contributed by atoms with Gasteiger partial charge in [-0.15, -0.1) is 0 Å². The van der Waals surface area contributed by atoms with Gasteiger partial charge >= 0.3 is 6.09 Å². The Morgan fingerprint density at radius 1 is 0.972 bits per heavy atom. The fourth-order valence-electron chi connectivity index (χ4n) is 5.02. The Bertz CT molecular complexity index is 1150. The van der Waals surface area contributed by atoms with Crippen LogP contribution in [-0.2, 0) is 27.3 Å². The van der Waals surface area contributed by atoms with Gasteiger partial charge in [0.1, 0.15) is 11.6 Å². The normalized spacial score (nSPS) is 18.4. The molecule has 0 saturated carbocycles. The third kappa shape index (κ3) is 5.89. The maximum atomic E-state index is 13.7. The number of hydrogen-bond acceptors (Lipinski definition) is 4. The molecule has 7 nitrogen and oxygen atoms in total. The highest BCUT2D eigenvalue weighted by molar-refractivity contribution is 5.93. The number of carbonyl (C=O) groups is 3. The summed E-state index contributed by atoms with van der Waals surface area (Å²) in [6.45, 7) is 10.8. The number of nitrogens with zero attached hydrogens (tertiary/aromatic N) is 2. The van der Waals surface area contributed by atoms with Crippen LogP contribution in [0.3, 0.4) is 0 Å². The molecule has 0 bridgehead atoms. The van der Waals surface area contributed by atoms with E-state index in [1.807, 2.05) is 71.0 Å². The lowest BCUT2D eigenvalue weighted by Crippen LogP contribution is -2.56. The van der Waals surface area contributed by atoms with Crippen molar-refractivity contribution in [2.75, 3.05) is 18.4 Å². The van der Waals surface area contributed by atoms with E-state index in [4.69, 9.17) is 4.74 Å². The zero-order chi connectivity index (χ0) is 26.0. The standard InChI is InChI=1S/C29H37N3O4/c1-19-10-11-24(20(2)16-19)30-26(33)21-12-14-31(15-13-21)27(34)25-17-22-8-6-7-9-23(22)18-32(25)28(35)36-29(3,4)5/h6-11,16,21,25H,12-15,17-18H2,1-5H3,(H,30,33). The van der Waals surface area contributed by atoms with Crippen LogP contribution >= 0.6 is 0 Å². The van der Waals surface area contributed by atoms with Gasteiger partial charge < -0.3 is 15.0 Å². The smallest absolute Gasteiger partial charge is 0.411 e. The monoisotopic (exact) mass is 491 g/mol. The number of fused-ring (bicyclic) bond motifs is 1. The molecule has 1 unspecified atom stereocenters. The first-order valence-electron chi connectivity index (χ1n) is 12.7. The lowest BCUT2D eigenvalue weighted by Gasteiger charge is -2.40. The molecule has 1 saturated heterocycles. The van der Waals surface area contributed by atoms with Crippen molar-refractivity contribution >= 4 is 23.6 Å². The maximum absolute atomic E-state index is 13.7. The van der Waals surface area contributed by atoms with Gasteiger partial charge in [0.25, 0.3) is 0 Å². The molecule has 0 aliphatic carbocycles. The van der Waals surface area contributed by atoms with Gasteiger partial charge in [0.15, 0.2) is 0 Å². The van der Waals surface area contributed by atoms with Crippen LogP contribution in [0, 0.1) is 19.8 Å². The fourth-order valence-corrected chi connectivity index (χ4v) is 5.02. The molecule has 1 N–H and O–H groups in total. The third-order valence-electron chi connectivity index (χ3n) is 6.98. The first kappa shape index (κ1) is 25.7. The Kier molecular flexibility index (Phi) is 7.38. The summed E-state index contributed by atoms with van der Waals surface area (Å²) in [4.78, 5) is 43.0. The number of likely N-dealkylation sites (tertiary alicyclic amines) is 1. The molecule has 2 aliphatic heterocycles. The largest absolute Gasteiger partial charge is 0.444 e. The number of aryl methyl sites for hydroxylation is 2. The number of benzene rings is 2. The van der Waals surface area contributed by atoms with Crippen LogP contribution in [0.4, 0.5) is 10.5 Å². The summed E-state index contributed by atoms with van der Waals surface area (Å²) in [6, 6.07) is 13.3.